The van der Waals surface area contributed by atoms with Crippen LogP contribution in [0.2, 0.25) is 0 Å². The molecule has 1 N–H and O–H groups in total. The monoisotopic (exact) mass is 261 g/mol. The van der Waals surface area contributed by atoms with E-state index in [-0.39, 0.29) is 0 Å². The van der Waals surface area contributed by atoms with E-state index in [0.717, 1.165) is 5.56 Å². The summed E-state index contributed by atoms with van der Waals surface area (Å²) in [6.45, 7) is 5.58. The second-order valence-corrected chi connectivity index (χ2v) is 4.62. The summed E-state index contributed by atoms with van der Waals surface area (Å²) < 4.78 is 10.1. The van der Waals surface area contributed by atoms with Crippen LogP contribution in [0.5, 0.6) is 0 Å². The summed E-state index contributed by atoms with van der Waals surface area (Å²) in [4.78, 5) is 4.28. The highest BCUT2D eigenvalue weighted by molar-refractivity contribution is 5.56. The van der Waals surface area contributed by atoms with Crippen molar-refractivity contribution < 1.29 is 9.26 Å². The summed E-state index contributed by atoms with van der Waals surface area (Å²) >= 11 is 0. The molecule has 1 aromatic heterocycles. The zero-order valence-corrected chi connectivity index (χ0v) is 11.5. The minimum atomic E-state index is 0.417. The van der Waals surface area contributed by atoms with Gasteiger partial charge in [-0.3, -0.25) is 0 Å². The summed E-state index contributed by atoms with van der Waals surface area (Å²) in [5.74, 6) is 1.11. The number of rotatable bonds is 6. The summed E-state index contributed by atoms with van der Waals surface area (Å²) in [7, 11) is 1.65. The van der Waals surface area contributed by atoms with Gasteiger partial charge in [0.15, 0.2) is 0 Å². The van der Waals surface area contributed by atoms with Crippen molar-refractivity contribution in [3.05, 3.63) is 29.8 Å². The van der Waals surface area contributed by atoms with Crippen molar-refractivity contribution in [2.45, 2.75) is 19.8 Å². The van der Waals surface area contributed by atoms with E-state index < -0.39 is 0 Å². The molecular formula is C14H19N3O2. The van der Waals surface area contributed by atoms with Gasteiger partial charge in [0.2, 0.25) is 5.82 Å². The van der Waals surface area contributed by atoms with E-state index in [0.29, 0.717) is 30.9 Å². The van der Waals surface area contributed by atoms with Gasteiger partial charge in [-0.1, -0.05) is 43.3 Å². The van der Waals surface area contributed by atoms with Crippen LogP contribution in [0.15, 0.2) is 28.8 Å². The summed E-state index contributed by atoms with van der Waals surface area (Å²) in [5.41, 5.74) is 2.25. The Hall–Kier alpha value is -1.88. The van der Waals surface area contributed by atoms with Crippen molar-refractivity contribution in [2.24, 2.45) is 0 Å². The Morgan fingerprint density at radius 3 is 2.63 bits per heavy atom. The molecule has 5 heteroatoms. The molecule has 0 amide bonds. The lowest BCUT2D eigenvalue weighted by Crippen LogP contribution is -2.07. The van der Waals surface area contributed by atoms with Gasteiger partial charge in [0, 0.05) is 19.2 Å². The number of hydrogen-bond acceptors (Lipinski definition) is 5. The van der Waals surface area contributed by atoms with Crippen molar-refractivity contribution in [1.29, 1.82) is 0 Å². The largest absolute Gasteiger partial charge is 0.383 e. The number of aromatic nitrogens is 2. The van der Waals surface area contributed by atoms with E-state index in [1.807, 2.05) is 12.1 Å². The Morgan fingerprint density at radius 1 is 1.26 bits per heavy atom. The van der Waals surface area contributed by atoms with E-state index in [1.165, 1.54) is 5.56 Å². The second kappa shape index (κ2) is 6.33. The first-order valence-corrected chi connectivity index (χ1v) is 6.37. The van der Waals surface area contributed by atoms with Crippen LogP contribution in [0.25, 0.3) is 11.4 Å². The van der Waals surface area contributed by atoms with Gasteiger partial charge < -0.3 is 14.6 Å². The molecule has 0 aliphatic rings. The molecule has 1 aromatic carbocycles. The number of anilines is 1. The van der Waals surface area contributed by atoms with Crippen LogP contribution in [-0.4, -0.2) is 30.4 Å². The Bertz CT molecular complexity index is 506. The summed E-state index contributed by atoms with van der Waals surface area (Å²) in [6.07, 6.45) is 0. The predicted molar refractivity (Wildman–Crippen MR) is 74.2 cm³/mol. The van der Waals surface area contributed by atoms with Gasteiger partial charge in [-0.2, -0.15) is 4.98 Å². The van der Waals surface area contributed by atoms with Crippen molar-refractivity contribution >= 4 is 6.01 Å². The van der Waals surface area contributed by atoms with Crippen LogP contribution in [0, 0.1) is 0 Å². The van der Waals surface area contributed by atoms with Crippen molar-refractivity contribution in [3.63, 3.8) is 0 Å². The van der Waals surface area contributed by atoms with Gasteiger partial charge in [0.05, 0.1) is 6.61 Å². The molecule has 0 aliphatic carbocycles. The minimum absolute atomic E-state index is 0.417. The topological polar surface area (TPSA) is 60.2 Å². The lowest BCUT2D eigenvalue weighted by Gasteiger charge is -2.04. The van der Waals surface area contributed by atoms with Gasteiger partial charge in [-0.15, -0.1) is 0 Å². The molecule has 19 heavy (non-hydrogen) atoms. The van der Waals surface area contributed by atoms with Gasteiger partial charge in [0.25, 0.3) is 0 Å². The maximum absolute atomic E-state index is 5.12. The standard InChI is InChI=1S/C14H19N3O2/c1-10(2)11-4-6-12(7-5-11)13-16-14(19-17-13)15-8-9-18-3/h4-7,10H,8-9H2,1-3H3,(H,15,16,17). The lowest BCUT2D eigenvalue weighted by molar-refractivity contribution is 0.210. The van der Waals surface area contributed by atoms with Crippen molar-refractivity contribution in [1.82, 2.24) is 10.1 Å². The lowest BCUT2D eigenvalue weighted by atomic mass is 10.0. The number of ether oxygens (including phenoxy) is 1. The Morgan fingerprint density at radius 2 is 2.00 bits per heavy atom. The highest BCUT2D eigenvalue weighted by Crippen LogP contribution is 2.21. The zero-order chi connectivity index (χ0) is 13.7. The fourth-order valence-corrected chi connectivity index (χ4v) is 1.69. The molecule has 0 unspecified atom stereocenters. The normalized spacial score (nSPS) is 10.9. The molecule has 0 spiro atoms. The van der Waals surface area contributed by atoms with E-state index in [1.54, 1.807) is 7.11 Å². The minimum Gasteiger partial charge on any atom is -0.383 e. The third-order valence-corrected chi connectivity index (χ3v) is 2.84. The van der Waals surface area contributed by atoms with Crippen LogP contribution < -0.4 is 5.32 Å². The van der Waals surface area contributed by atoms with Gasteiger partial charge in [0.1, 0.15) is 0 Å². The number of nitrogens with zero attached hydrogens (tertiary/aromatic N) is 2. The van der Waals surface area contributed by atoms with E-state index in [9.17, 15) is 0 Å². The molecule has 102 valence electrons. The zero-order valence-electron chi connectivity index (χ0n) is 11.5. The second-order valence-electron chi connectivity index (χ2n) is 4.62. The first-order chi connectivity index (χ1) is 9.20. The molecule has 0 radical (unpaired) electrons. The average molecular weight is 261 g/mol. The average Bonchev–Trinajstić information content (AvgIpc) is 2.88. The third-order valence-electron chi connectivity index (χ3n) is 2.84. The fourth-order valence-electron chi connectivity index (χ4n) is 1.69. The molecule has 0 atom stereocenters. The Kier molecular flexibility index (Phi) is 4.52. The molecular weight excluding hydrogens is 242 g/mol. The van der Waals surface area contributed by atoms with Crippen molar-refractivity contribution in [3.8, 4) is 11.4 Å². The SMILES string of the molecule is COCCNc1nc(-c2ccc(C(C)C)cc2)no1. The fraction of sp³-hybridized carbons (Fsp3) is 0.429. The van der Waals surface area contributed by atoms with E-state index >= 15 is 0 Å². The Balaban J connectivity index is 2.05. The van der Waals surface area contributed by atoms with Crippen LogP contribution >= 0.6 is 0 Å². The molecule has 0 saturated carbocycles. The number of methoxy groups -OCH3 is 1. The molecule has 0 aliphatic heterocycles. The van der Waals surface area contributed by atoms with Crippen LogP contribution in [-0.2, 0) is 4.74 Å². The molecule has 1 heterocycles. The first-order valence-electron chi connectivity index (χ1n) is 6.37. The molecule has 0 saturated heterocycles. The molecule has 5 nitrogen and oxygen atoms in total. The van der Waals surface area contributed by atoms with Crippen LogP contribution in [0.1, 0.15) is 25.3 Å². The molecule has 0 bridgehead atoms. The third kappa shape index (κ3) is 3.54. The highest BCUT2D eigenvalue weighted by Gasteiger charge is 2.08. The molecule has 2 aromatic rings. The molecule has 0 fully saturated rings. The van der Waals surface area contributed by atoms with Gasteiger partial charge in [-0.05, 0) is 11.5 Å². The van der Waals surface area contributed by atoms with E-state index in [4.69, 9.17) is 9.26 Å². The van der Waals surface area contributed by atoms with E-state index in [2.05, 4.69) is 41.4 Å². The number of hydrogen-bond donors (Lipinski definition) is 1. The predicted octanol–water partition coefficient (Wildman–Crippen LogP) is 2.92. The quantitative estimate of drug-likeness (QED) is 0.810. The number of benzene rings is 1. The maximum atomic E-state index is 5.12. The smallest absolute Gasteiger partial charge is 0.321 e. The maximum Gasteiger partial charge on any atom is 0.321 e. The van der Waals surface area contributed by atoms with Crippen LogP contribution in [0.4, 0.5) is 6.01 Å². The Labute approximate surface area is 113 Å². The highest BCUT2D eigenvalue weighted by atomic mass is 16.5. The van der Waals surface area contributed by atoms with Crippen molar-refractivity contribution in [2.75, 3.05) is 25.6 Å². The summed E-state index contributed by atoms with van der Waals surface area (Å²) in [6, 6.07) is 8.63. The van der Waals surface area contributed by atoms with Gasteiger partial charge >= 0.3 is 6.01 Å². The van der Waals surface area contributed by atoms with Crippen LogP contribution in [0.3, 0.4) is 0 Å². The van der Waals surface area contributed by atoms with Gasteiger partial charge in [-0.25, -0.2) is 0 Å². The number of nitrogens with one attached hydrogen (secondary N) is 1. The summed E-state index contributed by atoms with van der Waals surface area (Å²) in [5, 5.41) is 6.95. The first kappa shape index (κ1) is 13.5. The molecule has 2 rings (SSSR count).